The van der Waals surface area contributed by atoms with Crippen molar-refractivity contribution in [3.8, 4) is 6.07 Å². The van der Waals surface area contributed by atoms with Gasteiger partial charge in [-0.05, 0) is 50.8 Å². The highest BCUT2D eigenvalue weighted by molar-refractivity contribution is 5.56. The second kappa shape index (κ2) is 5.35. The summed E-state index contributed by atoms with van der Waals surface area (Å²) in [6, 6.07) is 5.68. The summed E-state index contributed by atoms with van der Waals surface area (Å²) in [5.74, 6) is 0.630. The van der Waals surface area contributed by atoms with Gasteiger partial charge in [-0.3, -0.25) is 0 Å². The van der Waals surface area contributed by atoms with Crippen LogP contribution in [-0.2, 0) is 6.18 Å². The Kier molecular flexibility index (Phi) is 3.94. The molecule has 2 rings (SSSR count). The van der Waals surface area contributed by atoms with Gasteiger partial charge in [0.05, 0.1) is 17.2 Å². The zero-order valence-corrected chi connectivity index (χ0v) is 11.5. The zero-order valence-electron chi connectivity index (χ0n) is 11.5. The molecule has 0 spiro atoms. The lowest BCUT2D eigenvalue weighted by molar-refractivity contribution is -0.137. The van der Waals surface area contributed by atoms with E-state index in [0.717, 1.165) is 12.6 Å². The molecule has 0 amide bonds. The van der Waals surface area contributed by atoms with Gasteiger partial charge in [0.1, 0.15) is 0 Å². The van der Waals surface area contributed by atoms with E-state index in [-0.39, 0.29) is 11.6 Å². The fraction of sp³-hybridized carbons (Fsp3) is 0.533. The second-order valence-electron chi connectivity index (χ2n) is 5.53. The van der Waals surface area contributed by atoms with Crippen LogP contribution in [0.2, 0.25) is 0 Å². The molecule has 0 atom stereocenters. The lowest BCUT2D eigenvalue weighted by atomic mass is 10.1. The van der Waals surface area contributed by atoms with E-state index in [9.17, 15) is 13.2 Å². The topological polar surface area (TPSA) is 27.0 Å². The van der Waals surface area contributed by atoms with Gasteiger partial charge in [-0.2, -0.15) is 18.4 Å². The first-order chi connectivity index (χ1) is 9.32. The number of alkyl halides is 3. The van der Waals surface area contributed by atoms with Gasteiger partial charge < -0.3 is 4.90 Å². The minimum Gasteiger partial charge on any atom is -0.369 e. The van der Waals surface area contributed by atoms with Crippen molar-refractivity contribution in [3.63, 3.8) is 0 Å². The standard InChI is InChI=1S/C15H17F3N2/c1-10(2)20(9-11-3-4-11)13-5-6-14(15(16,17)18)12(7-13)8-19/h5-7,10-11H,3-4,9H2,1-2H3. The molecule has 0 saturated heterocycles. The number of nitriles is 1. The van der Waals surface area contributed by atoms with Crippen LogP contribution in [0.4, 0.5) is 18.9 Å². The van der Waals surface area contributed by atoms with Crippen LogP contribution in [0.25, 0.3) is 0 Å². The summed E-state index contributed by atoms with van der Waals surface area (Å²) in [7, 11) is 0. The van der Waals surface area contributed by atoms with Crippen LogP contribution in [0.1, 0.15) is 37.8 Å². The Morgan fingerprint density at radius 1 is 1.35 bits per heavy atom. The SMILES string of the molecule is CC(C)N(CC1CC1)c1ccc(C(F)(F)F)c(C#N)c1. The maximum Gasteiger partial charge on any atom is 0.417 e. The molecule has 0 N–H and O–H groups in total. The van der Waals surface area contributed by atoms with Crippen LogP contribution in [-0.4, -0.2) is 12.6 Å². The molecule has 0 aromatic heterocycles. The Hall–Kier alpha value is -1.70. The Morgan fingerprint density at radius 2 is 2.00 bits per heavy atom. The molecule has 20 heavy (non-hydrogen) atoms. The van der Waals surface area contributed by atoms with Gasteiger partial charge in [0.25, 0.3) is 0 Å². The Morgan fingerprint density at radius 3 is 2.45 bits per heavy atom. The molecule has 1 aromatic carbocycles. The number of hydrogen-bond acceptors (Lipinski definition) is 2. The fourth-order valence-corrected chi connectivity index (χ4v) is 2.24. The van der Waals surface area contributed by atoms with Crippen LogP contribution in [0.5, 0.6) is 0 Å². The van der Waals surface area contributed by atoms with Crippen molar-refractivity contribution in [1.82, 2.24) is 0 Å². The molecule has 2 nitrogen and oxygen atoms in total. The van der Waals surface area contributed by atoms with Gasteiger partial charge in [-0.15, -0.1) is 0 Å². The number of rotatable bonds is 4. The van der Waals surface area contributed by atoms with Crippen molar-refractivity contribution in [2.75, 3.05) is 11.4 Å². The molecule has 0 unspecified atom stereocenters. The Bertz CT molecular complexity index is 525. The summed E-state index contributed by atoms with van der Waals surface area (Å²) in [5, 5.41) is 8.95. The monoisotopic (exact) mass is 282 g/mol. The van der Waals surface area contributed by atoms with Crippen molar-refractivity contribution in [2.24, 2.45) is 5.92 Å². The molecule has 1 fully saturated rings. The van der Waals surface area contributed by atoms with E-state index in [1.54, 1.807) is 6.07 Å². The van der Waals surface area contributed by atoms with Crippen molar-refractivity contribution in [1.29, 1.82) is 5.26 Å². The van der Waals surface area contributed by atoms with Crippen LogP contribution < -0.4 is 4.90 Å². The normalized spacial score (nSPS) is 15.2. The maximum absolute atomic E-state index is 12.8. The quantitative estimate of drug-likeness (QED) is 0.827. The van der Waals surface area contributed by atoms with Crippen molar-refractivity contribution in [3.05, 3.63) is 29.3 Å². The van der Waals surface area contributed by atoms with E-state index >= 15 is 0 Å². The van der Waals surface area contributed by atoms with E-state index in [4.69, 9.17) is 5.26 Å². The summed E-state index contributed by atoms with van der Waals surface area (Å²) >= 11 is 0. The number of hydrogen-bond donors (Lipinski definition) is 0. The molecular weight excluding hydrogens is 265 g/mol. The molecule has 1 saturated carbocycles. The predicted molar refractivity (Wildman–Crippen MR) is 71.4 cm³/mol. The first-order valence-corrected chi connectivity index (χ1v) is 6.71. The van der Waals surface area contributed by atoms with Crippen LogP contribution >= 0.6 is 0 Å². The highest BCUT2D eigenvalue weighted by Gasteiger charge is 2.34. The zero-order chi connectivity index (χ0) is 14.9. The average Bonchev–Trinajstić information content (AvgIpc) is 3.17. The van der Waals surface area contributed by atoms with Crippen molar-refractivity contribution < 1.29 is 13.2 Å². The van der Waals surface area contributed by atoms with Crippen molar-refractivity contribution >= 4 is 5.69 Å². The minimum atomic E-state index is -4.48. The van der Waals surface area contributed by atoms with E-state index < -0.39 is 11.7 Å². The smallest absolute Gasteiger partial charge is 0.369 e. The Balaban J connectivity index is 2.34. The third kappa shape index (κ3) is 3.24. The first kappa shape index (κ1) is 14.7. The molecule has 0 aliphatic heterocycles. The first-order valence-electron chi connectivity index (χ1n) is 6.71. The second-order valence-corrected chi connectivity index (χ2v) is 5.53. The number of halogens is 3. The van der Waals surface area contributed by atoms with Gasteiger partial charge in [0.15, 0.2) is 0 Å². The molecule has 0 heterocycles. The van der Waals surface area contributed by atoms with Gasteiger partial charge in [0, 0.05) is 18.3 Å². The largest absolute Gasteiger partial charge is 0.417 e. The highest BCUT2D eigenvalue weighted by Crippen LogP contribution is 2.36. The van der Waals surface area contributed by atoms with E-state index in [1.165, 1.54) is 25.0 Å². The van der Waals surface area contributed by atoms with Crippen LogP contribution in [0.15, 0.2) is 18.2 Å². The minimum absolute atomic E-state index is 0.193. The number of benzene rings is 1. The summed E-state index contributed by atoms with van der Waals surface area (Å²) in [5.41, 5.74) is -0.480. The average molecular weight is 282 g/mol. The Labute approximate surface area is 116 Å². The number of anilines is 1. The lowest BCUT2D eigenvalue weighted by Crippen LogP contribution is -2.32. The third-order valence-corrected chi connectivity index (χ3v) is 3.54. The summed E-state index contributed by atoms with van der Waals surface area (Å²) < 4.78 is 38.3. The van der Waals surface area contributed by atoms with Crippen LogP contribution in [0.3, 0.4) is 0 Å². The van der Waals surface area contributed by atoms with Crippen molar-refractivity contribution in [2.45, 2.75) is 38.9 Å². The molecule has 0 bridgehead atoms. The van der Waals surface area contributed by atoms with Gasteiger partial charge >= 0.3 is 6.18 Å². The fourth-order valence-electron chi connectivity index (χ4n) is 2.24. The van der Waals surface area contributed by atoms with Gasteiger partial charge in [-0.1, -0.05) is 0 Å². The van der Waals surface area contributed by atoms with E-state index in [2.05, 4.69) is 4.90 Å². The molecule has 1 aromatic rings. The maximum atomic E-state index is 12.8. The summed E-state index contributed by atoms with van der Waals surface area (Å²) in [4.78, 5) is 2.07. The number of nitrogens with zero attached hydrogens (tertiary/aromatic N) is 2. The van der Waals surface area contributed by atoms with Gasteiger partial charge in [-0.25, -0.2) is 0 Å². The molecule has 1 aliphatic carbocycles. The van der Waals surface area contributed by atoms with Gasteiger partial charge in [0.2, 0.25) is 0 Å². The van der Waals surface area contributed by atoms with E-state index in [0.29, 0.717) is 11.6 Å². The predicted octanol–water partition coefficient (Wildman–Crippen LogP) is 4.20. The molecule has 1 aliphatic rings. The molecule has 0 radical (unpaired) electrons. The van der Waals surface area contributed by atoms with Crippen LogP contribution in [0, 0.1) is 17.2 Å². The molecule has 5 heteroatoms. The molecular formula is C15H17F3N2. The summed E-state index contributed by atoms with van der Waals surface area (Å²) in [6.07, 6.45) is -2.13. The highest BCUT2D eigenvalue weighted by atomic mass is 19.4. The van der Waals surface area contributed by atoms with E-state index in [1.807, 2.05) is 13.8 Å². The molecule has 108 valence electrons. The lowest BCUT2D eigenvalue weighted by Gasteiger charge is -2.29. The third-order valence-electron chi connectivity index (χ3n) is 3.54. The summed E-state index contributed by atoms with van der Waals surface area (Å²) in [6.45, 7) is 4.85.